The molecule has 162 valence electrons. The van der Waals surface area contributed by atoms with Crippen LogP contribution in [0.4, 0.5) is 0 Å². The van der Waals surface area contributed by atoms with Crippen LogP contribution in [0.25, 0.3) is 11.2 Å². The van der Waals surface area contributed by atoms with E-state index < -0.39 is 0 Å². The van der Waals surface area contributed by atoms with Gasteiger partial charge in [-0.05, 0) is 42.9 Å². The van der Waals surface area contributed by atoms with E-state index in [1.165, 1.54) is 12.8 Å². The van der Waals surface area contributed by atoms with Crippen molar-refractivity contribution in [2.45, 2.75) is 57.8 Å². The minimum atomic E-state index is 0.0339. The van der Waals surface area contributed by atoms with Crippen LogP contribution in [0.2, 0.25) is 0 Å². The molecule has 2 atom stereocenters. The van der Waals surface area contributed by atoms with Gasteiger partial charge in [0.25, 0.3) is 5.91 Å². The molecule has 1 aliphatic carbocycles. The maximum absolute atomic E-state index is 13.3. The van der Waals surface area contributed by atoms with Crippen molar-refractivity contribution in [1.29, 1.82) is 0 Å². The molecule has 4 heterocycles. The van der Waals surface area contributed by atoms with Gasteiger partial charge in [-0.3, -0.25) is 9.78 Å². The Labute approximate surface area is 182 Å². The summed E-state index contributed by atoms with van der Waals surface area (Å²) in [7, 11) is 0. The molecule has 0 spiro atoms. The Morgan fingerprint density at radius 3 is 2.90 bits per heavy atom. The average molecular weight is 420 g/mol. The van der Waals surface area contributed by atoms with Crippen LogP contribution in [0.1, 0.15) is 54.9 Å². The van der Waals surface area contributed by atoms with E-state index in [1.54, 1.807) is 18.7 Å². The number of hydrogen-bond donors (Lipinski definition) is 0. The summed E-state index contributed by atoms with van der Waals surface area (Å²) in [5.41, 5.74) is 3.20. The van der Waals surface area contributed by atoms with Crippen molar-refractivity contribution in [3.8, 4) is 0 Å². The molecule has 7 nitrogen and oxygen atoms in total. The van der Waals surface area contributed by atoms with Crippen molar-refractivity contribution >= 4 is 17.1 Å². The first kappa shape index (κ1) is 20.1. The van der Waals surface area contributed by atoms with Crippen LogP contribution in [0.3, 0.4) is 0 Å². The van der Waals surface area contributed by atoms with Gasteiger partial charge in [-0.2, -0.15) is 0 Å². The molecule has 1 amide bonds. The molecule has 3 aromatic heterocycles. The lowest BCUT2D eigenvalue weighted by Crippen LogP contribution is -2.50. The molecule has 5 rings (SSSR count). The number of morpholine rings is 1. The SMILES string of the molecule is CCCC[C@@H]1CN(C(=O)c2cnc3c(c2)ncn3Cc2cccnc2)C[C@H](C2CC2)O1. The summed E-state index contributed by atoms with van der Waals surface area (Å²) in [6.45, 7) is 4.18. The summed E-state index contributed by atoms with van der Waals surface area (Å²) in [5, 5.41) is 0. The van der Waals surface area contributed by atoms with E-state index in [1.807, 2.05) is 33.9 Å². The molecule has 3 aromatic rings. The fourth-order valence-corrected chi connectivity index (χ4v) is 4.41. The summed E-state index contributed by atoms with van der Waals surface area (Å²) >= 11 is 0. The van der Waals surface area contributed by atoms with E-state index in [2.05, 4.69) is 21.9 Å². The minimum absolute atomic E-state index is 0.0339. The lowest BCUT2D eigenvalue weighted by atomic mass is 10.1. The molecule has 31 heavy (non-hydrogen) atoms. The van der Waals surface area contributed by atoms with Crippen LogP contribution < -0.4 is 0 Å². The van der Waals surface area contributed by atoms with Gasteiger partial charge < -0.3 is 14.2 Å². The number of rotatable bonds is 7. The topological polar surface area (TPSA) is 73.1 Å². The third-order valence-electron chi connectivity index (χ3n) is 6.28. The average Bonchev–Trinajstić information content (AvgIpc) is 3.59. The number of unbranched alkanes of at least 4 members (excludes halogenated alkanes) is 1. The largest absolute Gasteiger partial charge is 0.371 e. The van der Waals surface area contributed by atoms with E-state index in [0.717, 1.165) is 36.0 Å². The summed E-state index contributed by atoms with van der Waals surface area (Å²) in [6.07, 6.45) is 13.1. The zero-order valence-corrected chi connectivity index (χ0v) is 18.0. The molecule has 0 unspecified atom stereocenters. The smallest absolute Gasteiger partial charge is 0.255 e. The Morgan fingerprint density at radius 2 is 2.13 bits per heavy atom. The molecular formula is C24H29N5O2. The fraction of sp³-hybridized carbons (Fsp3) is 0.500. The number of amides is 1. The van der Waals surface area contributed by atoms with Gasteiger partial charge in [-0.25, -0.2) is 9.97 Å². The van der Waals surface area contributed by atoms with Crippen molar-refractivity contribution in [3.05, 3.63) is 54.2 Å². The summed E-state index contributed by atoms with van der Waals surface area (Å²) in [5.74, 6) is 0.648. The number of carbonyl (C=O) groups excluding carboxylic acids is 1. The summed E-state index contributed by atoms with van der Waals surface area (Å²) in [6, 6.07) is 5.82. The maximum atomic E-state index is 13.3. The van der Waals surface area contributed by atoms with Crippen LogP contribution in [-0.2, 0) is 11.3 Å². The van der Waals surface area contributed by atoms with Gasteiger partial charge in [0.2, 0.25) is 0 Å². The van der Waals surface area contributed by atoms with Crippen molar-refractivity contribution in [2.75, 3.05) is 13.1 Å². The van der Waals surface area contributed by atoms with Crippen LogP contribution in [0.5, 0.6) is 0 Å². The van der Waals surface area contributed by atoms with Gasteiger partial charge in [0, 0.05) is 31.7 Å². The van der Waals surface area contributed by atoms with Crippen LogP contribution in [0, 0.1) is 5.92 Å². The van der Waals surface area contributed by atoms with Crippen molar-refractivity contribution < 1.29 is 9.53 Å². The Morgan fingerprint density at radius 1 is 1.23 bits per heavy atom. The number of carbonyl (C=O) groups is 1. The number of nitrogens with zero attached hydrogens (tertiary/aromatic N) is 5. The van der Waals surface area contributed by atoms with Gasteiger partial charge >= 0.3 is 0 Å². The van der Waals surface area contributed by atoms with Gasteiger partial charge in [0.05, 0.1) is 30.6 Å². The monoisotopic (exact) mass is 419 g/mol. The van der Waals surface area contributed by atoms with E-state index in [4.69, 9.17) is 4.74 Å². The van der Waals surface area contributed by atoms with Gasteiger partial charge in [-0.1, -0.05) is 25.8 Å². The second-order valence-electron chi connectivity index (χ2n) is 8.79. The van der Waals surface area contributed by atoms with Gasteiger partial charge in [-0.15, -0.1) is 0 Å². The number of hydrogen-bond acceptors (Lipinski definition) is 5. The number of fused-ring (bicyclic) bond motifs is 1. The maximum Gasteiger partial charge on any atom is 0.255 e. The Kier molecular flexibility index (Phi) is 5.68. The van der Waals surface area contributed by atoms with Crippen molar-refractivity contribution in [3.63, 3.8) is 0 Å². The molecule has 0 bridgehead atoms. The highest BCUT2D eigenvalue weighted by Gasteiger charge is 2.39. The lowest BCUT2D eigenvalue weighted by Gasteiger charge is -2.38. The highest BCUT2D eigenvalue weighted by molar-refractivity contribution is 5.96. The van der Waals surface area contributed by atoms with Gasteiger partial charge in [0.15, 0.2) is 5.65 Å². The standard InChI is InChI=1S/C24H29N5O2/c1-2-3-6-20-14-28(15-22(31-20)18-7-8-18)24(30)19-10-21-23(26-12-19)29(16-27-21)13-17-5-4-9-25-11-17/h4-5,9-12,16,18,20,22H,2-3,6-8,13-15H2,1H3/t20-,22-/m1/s1. The molecule has 1 aliphatic heterocycles. The van der Waals surface area contributed by atoms with Crippen LogP contribution in [0.15, 0.2) is 43.1 Å². The molecule has 0 N–H and O–H groups in total. The number of imidazole rings is 1. The molecule has 0 radical (unpaired) electrons. The van der Waals surface area contributed by atoms with E-state index >= 15 is 0 Å². The number of ether oxygens (including phenoxy) is 1. The van der Waals surface area contributed by atoms with Crippen LogP contribution in [-0.4, -0.2) is 55.6 Å². The number of aromatic nitrogens is 4. The van der Waals surface area contributed by atoms with Crippen molar-refractivity contribution in [2.24, 2.45) is 5.92 Å². The zero-order valence-electron chi connectivity index (χ0n) is 18.0. The Hall–Kier alpha value is -2.80. The van der Waals surface area contributed by atoms with E-state index in [0.29, 0.717) is 31.1 Å². The van der Waals surface area contributed by atoms with Gasteiger partial charge in [0.1, 0.15) is 5.52 Å². The Bertz CT molecular complexity index is 1050. The minimum Gasteiger partial charge on any atom is -0.371 e. The molecule has 2 aliphatic rings. The second kappa shape index (κ2) is 8.75. The van der Waals surface area contributed by atoms with Crippen molar-refractivity contribution in [1.82, 2.24) is 24.4 Å². The summed E-state index contributed by atoms with van der Waals surface area (Å²) < 4.78 is 8.31. The normalized spacial score (nSPS) is 21.5. The first-order chi connectivity index (χ1) is 15.2. The van der Waals surface area contributed by atoms with E-state index in [9.17, 15) is 4.79 Å². The molecular weight excluding hydrogens is 390 g/mol. The molecule has 0 aromatic carbocycles. The molecule has 1 saturated heterocycles. The Balaban J connectivity index is 1.34. The molecule has 2 fully saturated rings. The highest BCUT2D eigenvalue weighted by atomic mass is 16.5. The van der Waals surface area contributed by atoms with Crippen LogP contribution >= 0.6 is 0 Å². The first-order valence-corrected chi connectivity index (χ1v) is 11.4. The number of pyridine rings is 2. The highest BCUT2D eigenvalue weighted by Crippen LogP contribution is 2.37. The third kappa shape index (κ3) is 4.46. The predicted molar refractivity (Wildman–Crippen MR) is 118 cm³/mol. The lowest BCUT2D eigenvalue weighted by molar-refractivity contribution is -0.0874. The fourth-order valence-electron chi connectivity index (χ4n) is 4.41. The first-order valence-electron chi connectivity index (χ1n) is 11.4. The molecule has 1 saturated carbocycles. The third-order valence-corrected chi connectivity index (χ3v) is 6.28. The molecule has 7 heteroatoms. The zero-order chi connectivity index (χ0) is 21.2. The second-order valence-corrected chi connectivity index (χ2v) is 8.79. The predicted octanol–water partition coefficient (Wildman–Crippen LogP) is 3.68. The summed E-state index contributed by atoms with van der Waals surface area (Å²) in [4.78, 5) is 28.6. The van der Waals surface area contributed by atoms with E-state index in [-0.39, 0.29) is 18.1 Å². The quantitative estimate of drug-likeness (QED) is 0.584.